The molecule has 2 N–H and O–H groups in total. The second-order valence-corrected chi connectivity index (χ2v) is 5.42. The molecule has 0 radical (unpaired) electrons. The number of methoxy groups -OCH3 is 1. The highest BCUT2D eigenvalue weighted by Crippen LogP contribution is 2.34. The summed E-state index contributed by atoms with van der Waals surface area (Å²) in [5.74, 6) is -1.05. The van der Waals surface area contributed by atoms with Gasteiger partial charge in [0.15, 0.2) is 0 Å². The number of nitrogens with one attached hydrogen (secondary N) is 1. The molecule has 0 spiro atoms. The molecule has 0 unspecified atom stereocenters. The summed E-state index contributed by atoms with van der Waals surface area (Å²) in [5, 5.41) is 13.1. The molecule has 0 atom stereocenters. The Bertz CT molecular complexity index is 942. The summed E-state index contributed by atoms with van der Waals surface area (Å²) in [6.07, 6.45) is -4.71. The first-order chi connectivity index (χ1) is 11.8. The number of nitrogens with zero attached hydrogens (tertiary/aromatic N) is 2. The average molecular weight is 349 g/mol. The number of ether oxygens (including phenoxy) is 1. The zero-order chi connectivity index (χ0) is 18.2. The van der Waals surface area contributed by atoms with Crippen molar-refractivity contribution in [3.8, 4) is 11.5 Å². The number of phenols is 1. The summed E-state index contributed by atoms with van der Waals surface area (Å²) in [6.45, 7) is 1.80. The number of fused-ring (bicyclic) bond motifs is 1. The Morgan fingerprint density at radius 1 is 1.08 bits per heavy atom. The van der Waals surface area contributed by atoms with Crippen LogP contribution in [0.25, 0.3) is 10.9 Å². The van der Waals surface area contributed by atoms with Crippen molar-refractivity contribution >= 4 is 22.4 Å². The van der Waals surface area contributed by atoms with Gasteiger partial charge in [-0.05, 0) is 36.8 Å². The number of alkyl halides is 3. The minimum absolute atomic E-state index is 0.0547. The zero-order valence-electron chi connectivity index (χ0n) is 13.3. The van der Waals surface area contributed by atoms with Gasteiger partial charge in [-0.3, -0.25) is 0 Å². The van der Waals surface area contributed by atoms with Crippen LogP contribution in [0.1, 0.15) is 11.4 Å². The first-order valence-corrected chi connectivity index (χ1v) is 7.27. The number of hydrogen-bond donors (Lipinski definition) is 2. The molecule has 0 aliphatic carbocycles. The number of rotatable bonds is 3. The standard InChI is InChI=1S/C17H14F3N3O2/c1-9-3-6-14(24)13(7-9)21-15-11-5-4-10(25-2)8-12(11)22-16(23-15)17(18,19)20/h3-8,24H,1-2H3,(H,21,22,23). The number of aromatic hydroxyl groups is 1. The summed E-state index contributed by atoms with van der Waals surface area (Å²) < 4.78 is 44.4. The van der Waals surface area contributed by atoms with Crippen LogP contribution in [0.3, 0.4) is 0 Å². The molecule has 3 rings (SSSR count). The summed E-state index contributed by atoms with van der Waals surface area (Å²) >= 11 is 0. The van der Waals surface area contributed by atoms with Crippen LogP contribution in [0.4, 0.5) is 24.7 Å². The summed E-state index contributed by atoms with van der Waals surface area (Å²) in [5.41, 5.74) is 1.16. The molecule has 0 amide bonds. The Morgan fingerprint density at radius 2 is 1.84 bits per heavy atom. The maximum absolute atomic E-state index is 13.1. The van der Waals surface area contributed by atoms with Crippen LogP contribution < -0.4 is 10.1 Å². The fourth-order valence-corrected chi connectivity index (χ4v) is 2.34. The number of aromatic nitrogens is 2. The highest BCUT2D eigenvalue weighted by atomic mass is 19.4. The predicted octanol–water partition coefficient (Wildman–Crippen LogP) is 4.41. The van der Waals surface area contributed by atoms with Crippen LogP contribution in [0.5, 0.6) is 11.5 Å². The monoisotopic (exact) mass is 349 g/mol. The third kappa shape index (κ3) is 3.42. The lowest BCUT2D eigenvalue weighted by Crippen LogP contribution is -2.12. The highest BCUT2D eigenvalue weighted by molar-refractivity contribution is 5.92. The van der Waals surface area contributed by atoms with Crippen molar-refractivity contribution in [1.82, 2.24) is 9.97 Å². The Labute approximate surface area is 141 Å². The normalized spacial score (nSPS) is 11.6. The van der Waals surface area contributed by atoms with Crippen LogP contribution in [0.2, 0.25) is 0 Å². The summed E-state index contributed by atoms with van der Waals surface area (Å²) in [7, 11) is 1.41. The van der Waals surface area contributed by atoms with Crippen LogP contribution in [-0.2, 0) is 6.18 Å². The highest BCUT2D eigenvalue weighted by Gasteiger charge is 2.35. The number of phenolic OH excluding ortho intramolecular Hbond substituents is 1. The molecule has 130 valence electrons. The Balaban J connectivity index is 2.19. The van der Waals surface area contributed by atoms with Crippen LogP contribution in [0.15, 0.2) is 36.4 Å². The Hall–Kier alpha value is -3.03. The van der Waals surface area contributed by atoms with Crippen molar-refractivity contribution in [3.05, 3.63) is 47.8 Å². The Kier molecular flexibility index (Phi) is 4.12. The molecule has 0 saturated carbocycles. The van der Waals surface area contributed by atoms with Crippen molar-refractivity contribution in [2.45, 2.75) is 13.1 Å². The van der Waals surface area contributed by atoms with Crippen LogP contribution in [0, 0.1) is 6.92 Å². The number of aryl methyl sites for hydroxylation is 1. The van der Waals surface area contributed by atoms with Crippen molar-refractivity contribution in [3.63, 3.8) is 0 Å². The first-order valence-electron chi connectivity index (χ1n) is 7.27. The van der Waals surface area contributed by atoms with E-state index in [2.05, 4.69) is 15.3 Å². The van der Waals surface area contributed by atoms with Gasteiger partial charge in [-0.25, -0.2) is 9.97 Å². The van der Waals surface area contributed by atoms with E-state index in [-0.39, 0.29) is 22.8 Å². The molecule has 2 aromatic carbocycles. The lowest BCUT2D eigenvalue weighted by molar-refractivity contribution is -0.144. The van der Waals surface area contributed by atoms with Gasteiger partial charge >= 0.3 is 6.18 Å². The predicted molar refractivity (Wildman–Crippen MR) is 87.2 cm³/mol. The van der Waals surface area contributed by atoms with E-state index in [1.54, 1.807) is 31.2 Å². The lowest BCUT2D eigenvalue weighted by atomic mass is 10.2. The van der Waals surface area contributed by atoms with Crippen LogP contribution in [-0.4, -0.2) is 22.2 Å². The SMILES string of the molecule is COc1ccc2c(Nc3cc(C)ccc3O)nc(C(F)(F)F)nc2c1. The molecule has 5 nitrogen and oxygen atoms in total. The minimum atomic E-state index is -4.71. The van der Waals surface area contributed by atoms with Gasteiger partial charge in [0.05, 0.1) is 18.3 Å². The van der Waals surface area contributed by atoms with Gasteiger partial charge < -0.3 is 15.2 Å². The molecular formula is C17H14F3N3O2. The van der Waals surface area contributed by atoms with Gasteiger partial charge in [0.25, 0.3) is 0 Å². The minimum Gasteiger partial charge on any atom is -0.506 e. The van der Waals surface area contributed by atoms with E-state index in [4.69, 9.17) is 4.74 Å². The summed E-state index contributed by atoms with van der Waals surface area (Å²) in [6, 6.07) is 9.30. The van der Waals surface area contributed by atoms with E-state index < -0.39 is 12.0 Å². The number of halogens is 3. The van der Waals surface area contributed by atoms with Gasteiger partial charge in [-0.2, -0.15) is 13.2 Å². The Morgan fingerprint density at radius 3 is 2.52 bits per heavy atom. The molecule has 25 heavy (non-hydrogen) atoms. The van der Waals surface area contributed by atoms with Crippen molar-refractivity contribution in [1.29, 1.82) is 0 Å². The second kappa shape index (κ2) is 6.12. The number of hydrogen-bond acceptors (Lipinski definition) is 5. The summed E-state index contributed by atoms with van der Waals surface area (Å²) in [4.78, 5) is 7.17. The fourth-order valence-electron chi connectivity index (χ4n) is 2.34. The molecule has 1 heterocycles. The molecule has 0 fully saturated rings. The van der Waals surface area contributed by atoms with Gasteiger partial charge in [0.1, 0.15) is 17.3 Å². The maximum Gasteiger partial charge on any atom is 0.451 e. The topological polar surface area (TPSA) is 67.3 Å². The van der Waals surface area contributed by atoms with Gasteiger partial charge in [0, 0.05) is 11.5 Å². The largest absolute Gasteiger partial charge is 0.506 e. The van der Waals surface area contributed by atoms with Crippen molar-refractivity contribution in [2.75, 3.05) is 12.4 Å². The smallest absolute Gasteiger partial charge is 0.451 e. The molecule has 1 aromatic heterocycles. The van der Waals surface area contributed by atoms with E-state index in [0.717, 1.165) is 5.56 Å². The average Bonchev–Trinajstić information content (AvgIpc) is 2.56. The third-order valence-corrected chi connectivity index (χ3v) is 3.56. The van der Waals surface area contributed by atoms with Gasteiger partial charge in [-0.1, -0.05) is 6.07 Å². The maximum atomic E-state index is 13.1. The van der Waals surface area contributed by atoms with Crippen molar-refractivity contribution < 1.29 is 23.0 Å². The van der Waals surface area contributed by atoms with Gasteiger partial charge in [0.2, 0.25) is 5.82 Å². The molecule has 0 aliphatic heterocycles. The second-order valence-electron chi connectivity index (χ2n) is 5.42. The number of benzene rings is 2. The molecule has 3 aromatic rings. The van der Waals surface area contributed by atoms with E-state index in [1.807, 2.05) is 0 Å². The zero-order valence-corrected chi connectivity index (χ0v) is 13.3. The van der Waals surface area contributed by atoms with E-state index in [9.17, 15) is 18.3 Å². The fraction of sp³-hybridized carbons (Fsp3) is 0.176. The molecule has 0 bridgehead atoms. The first kappa shape index (κ1) is 16.8. The lowest BCUT2D eigenvalue weighted by Gasteiger charge is -2.14. The van der Waals surface area contributed by atoms with E-state index in [1.165, 1.54) is 19.2 Å². The van der Waals surface area contributed by atoms with E-state index in [0.29, 0.717) is 11.1 Å². The van der Waals surface area contributed by atoms with Gasteiger partial charge in [-0.15, -0.1) is 0 Å². The molecule has 8 heteroatoms. The molecule has 0 saturated heterocycles. The van der Waals surface area contributed by atoms with Crippen LogP contribution >= 0.6 is 0 Å². The molecule has 0 aliphatic rings. The number of anilines is 2. The van der Waals surface area contributed by atoms with E-state index >= 15 is 0 Å². The van der Waals surface area contributed by atoms with Crippen molar-refractivity contribution in [2.24, 2.45) is 0 Å². The quantitative estimate of drug-likeness (QED) is 0.686. The third-order valence-electron chi connectivity index (χ3n) is 3.56. The molecular weight excluding hydrogens is 335 g/mol.